The minimum Gasteiger partial charge on any atom is -0.392 e. The predicted octanol–water partition coefficient (Wildman–Crippen LogP) is 0.270. The molecule has 1 rings (SSSR count). The number of nitrogens with one attached hydrogen (secondary N) is 2. The molecule has 1 aromatic rings. The summed E-state index contributed by atoms with van der Waals surface area (Å²) in [7, 11) is 0. The van der Waals surface area contributed by atoms with Crippen LogP contribution < -0.4 is 5.32 Å². The van der Waals surface area contributed by atoms with Crippen LogP contribution >= 0.6 is 0 Å². The van der Waals surface area contributed by atoms with E-state index in [1.807, 2.05) is 6.92 Å². The van der Waals surface area contributed by atoms with Gasteiger partial charge in [0.1, 0.15) is 0 Å². The van der Waals surface area contributed by atoms with Crippen molar-refractivity contribution in [3.8, 4) is 0 Å². The molecular weight excluding hydrogens is 154 g/mol. The van der Waals surface area contributed by atoms with Crippen molar-refractivity contribution in [2.75, 3.05) is 6.54 Å². The maximum Gasteiger partial charge on any atom is 0.0922 e. The Morgan fingerprint density at radius 3 is 3.17 bits per heavy atom. The average molecular weight is 169 g/mol. The first-order chi connectivity index (χ1) is 5.83. The summed E-state index contributed by atoms with van der Waals surface area (Å²) in [6, 6.07) is 0. The molecule has 68 valence electrons. The van der Waals surface area contributed by atoms with Crippen LogP contribution in [0.5, 0.6) is 0 Å². The highest BCUT2D eigenvalue weighted by molar-refractivity contribution is 4.93. The third kappa shape index (κ3) is 3.02. The van der Waals surface area contributed by atoms with Crippen molar-refractivity contribution < 1.29 is 5.11 Å². The molecule has 0 bridgehead atoms. The number of aliphatic hydroxyl groups is 1. The highest BCUT2D eigenvalue weighted by Gasteiger charge is 1.99. The Kier molecular flexibility index (Phi) is 3.76. The standard InChI is InChI=1S/C8H15N3O/c1-2-8(12)5-9-3-7-4-10-6-11-7/h4,6,8-9,12H,2-3,5H2,1H3,(H,10,11). The Labute approximate surface area is 72.0 Å². The molecule has 0 spiro atoms. The molecule has 0 saturated carbocycles. The van der Waals surface area contributed by atoms with Crippen LogP contribution in [0.2, 0.25) is 0 Å². The molecule has 0 aliphatic rings. The summed E-state index contributed by atoms with van der Waals surface area (Å²) >= 11 is 0. The zero-order valence-corrected chi connectivity index (χ0v) is 7.25. The highest BCUT2D eigenvalue weighted by Crippen LogP contribution is 1.91. The van der Waals surface area contributed by atoms with Crippen molar-refractivity contribution in [3.05, 3.63) is 18.2 Å². The van der Waals surface area contributed by atoms with Gasteiger partial charge in [-0.15, -0.1) is 0 Å². The molecule has 0 amide bonds. The molecule has 0 aromatic carbocycles. The van der Waals surface area contributed by atoms with Gasteiger partial charge in [-0.3, -0.25) is 0 Å². The molecule has 4 heteroatoms. The summed E-state index contributed by atoms with van der Waals surface area (Å²) in [5.41, 5.74) is 1.04. The lowest BCUT2D eigenvalue weighted by Crippen LogP contribution is -2.25. The van der Waals surface area contributed by atoms with Crippen molar-refractivity contribution in [3.63, 3.8) is 0 Å². The number of hydrogen-bond donors (Lipinski definition) is 3. The van der Waals surface area contributed by atoms with Gasteiger partial charge >= 0.3 is 0 Å². The molecule has 0 fully saturated rings. The third-order valence-corrected chi connectivity index (χ3v) is 1.72. The van der Waals surface area contributed by atoms with E-state index in [-0.39, 0.29) is 6.10 Å². The molecule has 1 heterocycles. The van der Waals surface area contributed by atoms with E-state index >= 15 is 0 Å². The normalized spacial score (nSPS) is 13.2. The van der Waals surface area contributed by atoms with Gasteiger partial charge in [0, 0.05) is 25.0 Å². The van der Waals surface area contributed by atoms with Gasteiger partial charge in [-0.2, -0.15) is 0 Å². The predicted molar refractivity (Wildman–Crippen MR) is 46.6 cm³/mol. The maximum atomic E-state index is 9.20. The lowest BCUT2D eigenvalue weighted by molar-refractivity contribution is 0.167. The van der Waals surface area contributed by atoms with Crippen LogP contribution in [0, 0.1) is 0 Å². The van der Waals surface area contributed by atoms with E-state index in [9.17, 15) is 5.11 Å². The highest BCUT2D eigenvalue weighted by atomic mass is 16.3. The third-order valence-electron chi connectivity index (χ3n) is 1.72. The smallest absolute Gasteiger partial charge is 0.0922 e. The van der Waals surface area contributed by atoms with Crippen molar-refractivity contribution >= 4 is 0 Å². The number of nitrogens with zero attached hydrogens (tertiary/aromatic N) is 1. The summed E-state index contributed by atoms with van der Waals surface area (Å²) in [4.78, 5) is 6.86. The molecule has 0 saturated heterocycles. The minimum absolute atomic E-state index is 0.243. The van der Waals surface area contributed by atoms with E-state index in [1.54, 1.807) is 12.5 Å². The van der Waals surface area contributed by atoms with Gasteiger partial charge in [0.15, 0.2) is 0 Å². The molecule has 0 radical (unpaired) electrons. The number of aromatic nitrogens is 2. The Hall–Kier alpha value is -0.870. The quantitative estimate of drug-likeness (QED) is 0.593. The van der Waals surface area contributed by atoms with E-state index < -0.39 is 0 Å². The molecule has 12 heavy (non-hydrogen) atoms. The Bertz CT molecular complexity index is 198. The molecule has 1 aromatic heterocycles. The molecular formula is C8H15N3O. The number of rotatable bonds is 5. The lowest BCUT2D eigenvalue weighted by atomic mass is 10.3. The van der Waals surface area contributed by atoms with Crippen molar-refractivity contribution in [2.45, 2.75) is 26.0 Å². The number of hydrogen-bond acceptors (Lipinski definition) is 3. The zero-order valence-electron chi connectivity index (χ0n) is 7.25. The van der Waals surface area contributed by atoms with Gasteiger partial charge < -0.3 is 15.4 Å². The van der Waals surface area contributed by atoms with Crippen LogP contribution in [0.1, 0.15) is 19.0 Å². The Balaban J connectivity index is 2.11. The van der Waals surface area contributed by atoms with Crippen LogP contribution in [-0.2, 0) is 6.54 Å². The second-order valence-corrected chi connectivity index (χ2v) is 2.77. The lowest BCUT2D eigenvalue weighted by Gasteiger charge is -2.07. The molecule has 4 nitrogen and oxygen atoms in total. The van der Waals surface area contributed by atoms with Crippen molar-refractivity contribution in [1.29, 1.82) is 0 Å². The van der Waals surface area contributed by atoms with Gasteiger partial charge in [0.25, 0.3) is 0 Å². The van der Waals surface area contributed by atoms with Gasteiger partial charge in [-0.25, -0.2) is 4.98 Å². The Morgan fingerprint density at radius 1 is 1.75 bits per heavy atom. The molecule has 1 unspecified atom stereocenters. The van der Waals surface area contributed by atoms with Crippen molar-refractivity contribution in [2.24, 2.45) is 0 Å². The fourth-order valence-corrected chi connectivity index (χ4v) is 0.899. The molecule has 0 aliphatic carbocycles. The second-order valence-electron chi connectivity index (χ2n) is 2.77. The summed E-state index contributed by atoms with van der Waals surface area (Å²) in [5, 5.41) is 12.3. The fraction of sp³-hybridized carbons (Fsp3) is 0.625. The fourth-order valence-electron chi connectivity index (χ4n) is 0.899. The van der Waals surface area contributed by atoms with Crippen LogP contribution in [0.25, 0.3) is 0 Å². The van der Waals surface area contributed by atoms with Crippen LogP contribution in [0.4, 0.5) is 0 Å². The number of aromatic amines is 1. The molecule has 3 N–H and O–H groups in total. The molecule has 1 atom stereocenters. The monoisotopic (exact) mass is 169 g/mol. The minimum atomic E-state index is -0.243. The van der Waals surface area contributed by atoms with Crippen LogP contribution in [0.15, 0.2) is 12.5 Å². The first kappa shape index (κ1) is 9.22. The summed E-state index contributed by atoms with van der Waals surface area (Å²) in [6.07, 6.45) is 3.96. The maximum absolute atomic E-state index is 9.20. The van der Waals surface area contributed by atoms with E-state index in [2.05, 4.69) is 15.3 Å². The summed E-state index contributed by atoms with van der Waals surface area (Å²) in [6.45, 7) is 3.33. The molecule has 0 aliphatic heterocycles. The SMILES string of the molecule is CCC(O)CNCc1cnc[nH]1. The van der Waals surface area contributed by atoms with Crippen LogP contribution in [0.3, 0.4) is 0 Å². The second kappa shape index (κ2) is 4.90. The first-order valence-electron chi connectivity index (χ1n) is 4.19. The summed E-state index contributed by atoms with van der Waals surface area (Å²) in [5.74, 6) is 0. The van der Waals surface area contributed by atoms with Gasteiger partial charge in [0.05, 0.1) is 12.4 Å². The van der Waals surface area contributed by atoms with E-state index in [0.717, 1.165) is 18.7 Å². The number of H-pyrrole nitrogens is 1. The number of imidazole rings is 1. The van der Waals surface area contributed by atoms with Gasteiger partial charge in [-0.1, -0.05) is 6.92 Å². The first-order valence-corrected chi connectivity index (χ1v) is 4.19. The van der Waals surface area contributed by atoms with E-state index in [1.165, 1.54) is 0 Å². The Morgan fingerprint density at radius 2 is 2.58 bits per heavy atom. The van der Waals surface area contributed by atoms with E-state index in [0.29, 0.717) is 6.54 Å². The average Bonchev–Trinajstić information content (AvgIpc) is 2.57. The largest absolute Gasteiger partial charge is 0.392 e. The van der Waals surface area contributed by atoms with E-state index in [4.69, 9.17) is 0 Å². The van der Waals surface area contributed by atoms with Crippen molar-refractivity contribution in [1.82, 2.24) is 15.3 Å². The summed E-state index contributed by atoms with van der Waals surface area (Å²) < 4.78 is 0. The topological polar surface area (TPSA) is 60.9 Å². The zero-order chi connectivity index (χ0) is 8.81. The van der Waals surface area contributed by atoms with Gasteiger partial charge in [0.2, 0.25) is 0 Å². The van der Waals surface area contributed by atoms with Gasteiger partial charge in [-0.05, 0) is 6.42 Å². The van der Waals surface area contributed by atoms with Crippen LogP contribution in [-0.4, -0.2) is 27.7 Å². The number of aliphatic hydroxyl groups excluding tert-OH is 1.